The standard InChI is InChI=1S/C5H9IN2/c6-8-3-4-1-7-2-5(4)8/h4-5,7H,1-3H2/t4-,5-/m1/s1. The third-order valence-corrected chi connectivity index (χ3v) is 3.18. The van der Waals surface area contributed by atoms with E-state index in [0.717, 1.165) is 12.0 Å². The fourth-order valence-electron chi connectivity index (χ4n) is 1.45. The average molecular weight is 224 g/mol. The maximum absolute atomic E-state index is 3.37. The van der Waals surface area contributed by atoms with Crippen molar-refractivity contribution in [3.63, 3.8) is 0 Å². The highest BCUT2D eigenvalue weighted by Gasteiger charge is 2.40. The van der Waals surface area contributed by atoms with E-state index in [1.165, 1.54) is 19.6 Å². The molecule has 0 radical (unpaired) electrons. The quantitative estimate of drug-likeness (QED) is 0.468. The summed E-state index contributed by atoms with van der Waals surface area (Å²) in [5, 5.41) is 3.37. The first-order valence-corrected chi connectivity index (χ1v) is 3.97. The number of fused-ring (bicyclic) bond motifs is 1. The summed E-state index contributed by atoms with van der Waals surface area (Å²) in [5.41, 5.74) is 0. The lowest BCUT2D eigenvalue weighted by Crippen LogP contribution is -2.49. The third-order valence-electron chi connectivity index (χ3n) is 2.07. The summed E-state index contributed by atoms with van der Waals surface area (Å²) >= 11 is 2.40. The molecule has 0 aliphatic carbocycles. The summed E-state index contributed by atoms with van der Waals surface area (Å²) < 4.78 is 2.39. The van der Waals surface area contributed by atoms with Gasteiger partial charge in [-0.25, -0.2) is 3.11 Å². The van der Waals surface area contributed by atoms with Crippen LogP contribution in [-0.4, -0.2) is 28.8 Å². The topological polar surface area (TPSA) is 15.3 Å². The van der Waals surface area contributed by atoms with Crippen LogP contribution in [0.1, 0.15) is 0 Å². The van der Waals surface area contributed by atoms with E-state index in [-0.39, 0.29) is 0 Å². The van der Waals surface area contributed by atoms with Crippen molar-refractivity contribution < 1.29 is 0 Å². The molecule has 46 valence electrons. The molecule has 2 aliphatic rings. The molecule has 2 nitrogen and oxygen atoms in total. The smallest absolute Gasteiger partial charge is 0.0371 e. The molecule has 0 aromatic rings. The fraction of sp³-hybridized carbons (Fsp3) is 1.00. The molecule has 8 heavy (non-hydrogen) atoms. The van der Waals surface area contributed by atoms with Gasteiger partial charge < -0.3 is 5.32 Å². The molecule has 2 heterocycles. The first-order valence-electron chi connectivity index (χ1n) is 3.01. The third kappa shape index (κ3) is 0.610. The molecular weight excluding hydrogens is 215 g/mol. The van der Waals surface area contributed by atoms with Crippen LogP contribution in [0.25, 0.3) is 0 Å². The van der Waals surface area contributed by atoms with E-state index < -0.39 is 0 Å². The van der Waals surface area contributed by atoms with E-state index in [0.29, 0.717) is 0 Å². The maximum Gasteiger partial charge on any atom is 0.0371 e. The zero-order chi connectivity index (χ0) is 5.56. The fourth-order valence-corrected chi connectivity index (χ4v) is 2.61. The van der Waals surface area contributed by atoms with Gasteiger partial charge in [0.15, 0.2) is 0 Å². The molecule has 0 saturated carbocycles. The van der Waals surface area contributed by atoms with Gasteiger partial charge in [0.1, 0.15) is 0 Å². The zero-order valence-electron chi connectivity index (χ0n) is 4.60. The highest BCUT2D eigenvalue weighted by atomic mass is 127. The van der Waals surface area contributed by atoms with Crippen LogP contribution in [0, 0.1) is 5.92 Å². The van der Waals surface area contributed by atoms with Crippen molar-refractivity contribution in [3.05, 3.63) is 0 Å². The highest BCUT2D eigenvalue weighted by Crippen LogP contribution is 2.30. The molecule has 2 fully saturated rings. The summed E-state index contributed by atoms with van der Waals surface area (Å²) in [6.45, 7) is 3.77. The predicted molar refractivity (Wildman–Crippen MR) is 40.9 cm³/mol. The molecule has 1 N–H and O–H groups in total. The summed E-state index contributed by atoms with van der Waals surface area (Å²) in [4.78, 5) is 0. The molecule has 2 rings (SSSR count). The van der Waals surface area contributed by atoms with Crippen LogP contribution in [0.3, 0.4) is 0 Å². The minimum absolute atomic E-state index is 0.871. The second-order valence-electron chi connectivity index (χ2n) is 2.57. The molecule has 0 amide bonds. The van der Waals surface area contributed by atoms with Crippen LogP contribution < -0.4 is 5.32 Å². The first-order chi connectivity index (χ1) is 3.88. The summed E-state index contributed by atoms with van der Waals surface area (Å²) in [6.07, 6.45) is 0. The minimum atomic E-state index is 0.871. The van der Waals surface area contributed by atoms with E-state index in [1.807, 2.05) is 0 Å². The highest BCUT2D eigenvalue weighted by molar-refractivity contribution is 14.1. The largest absolute Gasteiger partial charge is 0.315 e. The van der Waals surface area contributed by atoms with E-state index in [4.69, 9.17) is 0 Å². The van der Waals surface area contributed by atoms with Gasteiger partial charge in [-0.3, -0.25) is 0 Å². The van der Waals surface area contributed by atoms with Crippen molar-refractivity contribution in [2.24, 2.45) is 5.92 Å². The van der Waals surface area contributed by atoms with Crippen molar-refractivity contribution in [1.82, 2.24) is 8.43 Å². The normalized spacial score (nSPS) is 46.1. The Morgan fingerprint density at radius 1 is 1.50 bits per heavy atom. The second-order valence-corrected chi connectivity index (χ2v) is 3.81. The van der Waals surface area contributed by atoms with Crippen molar-refractivity contribution >= 4 is 22.9 Å². The SMILES string of the molecule is IN1C[C@H]2CNC[C@H]21. The molecule has 0 aromatic heterocycles. The molecule has 0 bridgehead atoms. The first kappa shape index (κ1) is 5.44. The van der Waals surface area contributed by atoms with Crippen molar-refractivity contribution in [1.29, 1.82) is 0 Å². The van der Waals surface area contributed by atoms with E-state index in [9.17, 15) is 0 Å². The lowest BCUT2D eigenvalue weighted by atomic mass is 9.96. The van der Waals surface area contributed by atoms with E-state index in [2.05, 4.69) is 31.3 Å². The average Bonchev–Trinajstić information content (AvgIpc) is 2.09. The van der Waals surface area contributed by atoms with Crippen molar-refractivity contribution in [2.45, 2.75) is 6.04 Å². The Morgan fingerprint density at radius 2 is 2.38 bits per heavy atom. The Balaban J connectivity index is 2.02. The molecular formula is C5H9IN2. The van der Waals surface area contributed by atoms with Gasteiger partial charge in [0.05, 0.1) is 0 Å². The molecule has 2 atom stereocenters. The van der Waals surface area contributed by atoms with Crippen LogP contribution in [0.4, 0.5) is 0 Å². The number of nitrogens with one attached hydrogen (secondary N) is 1. The lowest BCUT2D eigenvalue weighted by Gasteiger charge is -2.38. The van der Waals surface area contributed by atoms with Crippen molar-refractivity contribution in [2.75, 3.05) is 19.6 Å². The molecule has 0 aromatic carbocycles. The lowest BCUT2D eigenvalue weighted by molar-refractivity contribution is 0.188. The molecule has 0 spiro atoms. The molecule has 2 aliphatic heterocycles. The van der Waals surface area contributed by atoms with Gasteiger partial charge in [0.2, 0.25) is 0 Å². The van der Waals surface area contributed by atoms with Gasteiger partial charge in [-0.2, -0.15) is 0 Å². The maximum atomic E-state index is 3.37. The van der Waals surface area contributed by atoms with Gasteiger partial charge in [0.25, 0.3) is 0 Å². The number of hydrogen-bond acceptors (Lipinski definition) is 2. The predicted octanol–water partition coefficient (Wildman–Crippen LogP) is 0.240. The van der Waals surface area contributed by atoms with Crippen molar-refractivity contribution in [3.8, 4) is 0 Å². The van der Waals surface area contributed by atoms with Gasteiger partial charge in [-0.15, -0.1) is 0 Å². The van der Waals surface area contributed by atoms with Gasteiger partial charge in [-0.05, 0) is 0 Å². The molecule has 3 heteroatoms. The molecule has 0 unspecified atom stereocenters. The van der Waals surface area contributed by atoms with Crippen LogP contribution in [0.5, 0.6) is 0 Å². The Hall–Kier alpha value is 0.650. The van der Waals surface area contributed by atoms with Gasteiger partial charge >= 0.3 is 0 Å². The van der Waals surface area contributed by atoms with Crippen LogP contribution in [0.2, 0.25) is 0 Å². The van der Waals surface area contributed by atoms with Crippen LogP contribution in [0.15, 0.2) is 0 Å². The molecule has 2 saturated heterocycles. The Labute approximate surface area is 63.1 Å². The summed E-state index contributed by atoms with van der Waals surface area (Å²) in [5.74, 6) is 0.979. The van der Waals surface area contributed by atoms with Gasteiger partial charge in [-0.1, -0.05) is 0 Å². The minimum Gasteiger partial charge on any atom is -0.315 e. The van der Waals surface area contributed by atoms with Crippen LogP contribution in [-0.2, 0) is 0 Å². The zero-order valence-corrected chi connectivity index (χ0v) is 6.76. The summed E-state index contributed by atoms with van der Waals surface area (Å²) in [7, 11) is 0. The number of nitrogens with zero attached hydrogens (tertiary/aromatic N) is 1. The number of halogens is 1. The van der Waals surface area contributed by atoms with E-state index >= 15 is 0 Å². The number of rotatable bonds is 0. The Kier molecular flexibility index (Phi) is 1.23. The Morgan fingerprint density at radius 3 is 2.88 bits per heavy atom. The van der Waals surface area contributed by atoms with Gasteiger partial charge in [0, 0.05) is 54.5 Å². The Bertz CT molecular complexity index is 107. The number of hydrogen-bond donors (Lipinski definition) is 1. The monoisotopic (exact) mass is 224 g/mol. The summed E-state index contributed by atoms with van der Waals surface area (Å²) in [6, 6.07) is 0.871. The van der Waals surface area contributed by atoms with Crippen LogP contribution >= 0.6 is 22.9 Å². The van der Waals surface area contributed by atoms with E-state index in [1.54, 1.807) is 0 Å². The second kappa shape index (κ2) is 1.82.